The molecular formula is C28H36N4O14. The first-order chi connectivity index (χ1) is 21.5. The lowest BCUT2D eigenvalue weighted by molar-refractivity contribution is -0.157. The number of rotatable bonds is 8. The van der Waals surface area contributed by atoms with Crippen molar-refractivity contribution in [3.05, 3.63) is 65.2 Å². The van der Waals surface area contributed by atoms with E-state index in [-0.39, 0.29) is 26.1 Å². The predicted molar refractivity (Wildman–Crippen MR) is 154 cm³/mol. The molecule has 2 aliphatic heterocycles. The Hall–Kier alpha value is -4.84. The lowest BCUT2D eigenvalue weighted by atomic mass is 10.2. The number of nitrogens with one attached hydrogen (secondary N) is 2. The fraction of sp³-hybridized carbons (Fsp3) is 0.571. The van der Waals surface area contributed by atoms with Gasteiger partial charge in [-0.1, -0.05) is 0 Å². The lowest BCUT2D eigenvalue weighted by Crippen LogP contribution is -2.33. The summed E-state index contributed by atoms with van der Waals surface area (Å²) >= 11 is 0. The number of esters is 4. The van der Waals surface area contributed by atoms with E-state index < -0.39 is 83.2 Å². The van der Waals surface area contributed by atoms with Crippen molar-refractivity contribution in [1.82, 2.24) is 19.1 Å². The summed E-state index contributed by atoms with van der Waals surface area (Å²) in [5.41, 5.74) is -1.50. The van der Waals surface area contributed by atoms with Crippen molar-refractivity contribution in [3.63, 3.8) is 0 Å². The Balaban J connectivity index is 0.000000250. The van der Waals surface area contributed by atoms with Gasteiger partial charge in [0, 0.05) is 64.1 Å². The van der Waals surface area contributed by atoms with Crippen LogP contribution in [0.3, 0.4) is 0 Å². The highest BCUT2D eigenvalue weighted by molar-refractivity contribution is 5.67. The monoisotopic (exact) mass is 652 g/mol. The van der Waals surface area contributed by atoms with Crippen LogP contribution in [0.4, 0.5) is 0 Å². The quantitative estimate of drug-likeness (QED) is 0.264. The fourth-order valence-corrected chi connectivity index (χ4v) is 4.72. The van der Waals surface area contributed by atoms with Crippen molar-refractivity contribution in [3.8, 4) is 0 Å². The largest absolute Gasteiger partial charge is 0.463 e. The second-order valence-electron chi connectivity index (χ2n) is 10.6. The second kappa shape index (κ2) is 15.4. The third-order valence-corrected chi connectivity index (χ3v) is 6.81. The lowest BCUT2D eigenvalue weighted by Gasteiger charge is -2.17. The molecule has 2 aliphatic rings. The highest BCUT2D eigenvalue weighted by atomic mass is 16.6. The van der Waals surface area contributed by atoms with Gasteiger partial charge in [0.1, 0.15) is 50.1 Å². The first-order valence-electron chi connectivity index (χ1n) is 14.1. The molecule has 18 heteroatoms. The Morgan fingerprint density at radius 1 is 0.674 bits per heavy atom. The number of aromatic amines is 2. The molecule has 252 valence electrons. The standard InChI is InChI=1S/2C14H18N2O7/c2*1-7-5-16(14(20)15-13(7)19)12-4-10(22-9(3)18)11(23-12)6-21-8(2)17/h2*5,10-12H,4,6H2,1-3H3,(H,15,19,20)/t2*10-,11+,12+/m00/s1. The van der Waals surface area contributed by atoms with Crippen LogP contribution in [0.15, 0.2) is 31.6 Å². The van der Waals surface area contributed by atoms with Crippen LogP contribution in [0.2, 0.25) is 0 Å². The number of aryl methyl sites for hydroxylation is 2. The maximum atomic E-state index is 11.9. The van der Waals surface area contributed by atoms with E-state index in [1.807, 2.05) is 0 Å². The van der Waals surface area contributed by atoms with Gasteiger partial charge in [0.25, 0.3) is 11.1 Å². The minimum absolute atomic E-state index is 0.0964. The zero-order valence-electron chi connectivity index (χ0n) is 26.1. The van der Waals surface area contributed by atoms with Crippen LogP contribution in [0.5, 0.6) is 0 Å². The van der Waals surface area contributed by atoms with E-state index in [0.29, 0.717) is 11.1 Å². The topological polar surface area (TPSA) is 233 Å². The zero-order valence-corrected chi connectivity index (χ0v) is 26.1. The summed E-state index contributed by atoms with van der Waals surface area (Å²) < 4.78 is 33.9. The van der Waals surface area contributed by atoms with Gasteiger partial charge >= 0.3 is 35.3 Å². The van der Waals surface area contributed by atoms with Crippen molar-refractivity contribution in [1.29, 1.82) is 0 Å². The Kier molecular flexibility index (Phi) is 12.0. The molecule has 4 rings (SSSR count). The van der Waals surface area contributed by atoms with Crippen molar-refractivity contribution in [2.75, 3.05) is 13.2 Å². The summed E-state index contributed by atoms with van der Waals surface area (Å²) in [7, 11) is 0. The Morgan fingerprint density at radius 3 is 1.33 bits per heavy atom. The molecule has 2 aromatic rings. The average molecular weight is 653 g/mol. The molecule has 0 bridgehead atoms. The summed E-state index contributed by atoms with van der Waals surface area (Å²) in [5, 5.41) is 0. The molecule has 46 heavy (non-hydrogen) atoms. The molecule has 2 N–H and O–H groups in total. The smallest absolute Gasteiger partial charge is 0.330 e. The molecule has 2 saturated heterocycles. The van der Waals surface area contributed by atoms with Crippen LogP contribution in [0.25, 0.3) is 0 Å². The van der Waals surface area contributed by atoms with Gasteiger partial charge in [-0.3, -0.25) is 47.9 Å². The molecule has 2 fully saturated rings. The van der Waals surface area contributed by atoms with Gasteiger partial charge in [-0.15, -0.1) is 0 Å². The number of H-pyrrole nitrogens is 2. The first-order valence-corrected chi connectivity index (χ1v) is 14.1. The van der Waals surface area contributed by atoms with Gasteiger partial charge in [-0.2, -0.15) is 0 Å². The highest BCUT2D eigenvalue weighted by Gasteiger charge is 2.41. The fourth-order valence-electron chi connectivity index (χ4n) is 4.72. The average Bonchev–Trinajstić information content (AvgIpc) is 3.53. The molecule has 0 spiro atoms. The zero-order chi connectivity index (χ0) is 34.3. The third-order valence-electron chi connectivity index (χ3n) is 6.81. The predicted octanol–water partition coefficient (Wildman–Crippen LogP) is -0.745. The summed E-state index contributed by atoms with van der Waals surface area (Å²) in [6.07, 6.45) is -0.986. The highest BCUT2D eigenvalue weighted by Crippen LogP contribution is 2.31. The van der Waals surface area contributed by atoms with Crippen LogP contribution in [-0.2, 0) is 47.6 Å². The summed E-state index contributed by atoms with van der Waals surface area (Å²) in [5.74, 6) is -1.99. The van der Waals surface area contributed by atoms with E-state index in [1.54, 1.807) is 13.8 Å². The maximum absolute atomic E-state index is 11.9. The van der Waals surface area contributed by atoms with Crippen molar-refractivity contribution < 1.29 is 47.6 Å². The minimum atomic E-state index is -0.733. The van der Waals surface area contributed by atoms with Crippen LogP contribution in [-0.4, -0.2) is 80.6 Å². The summed E-state index contributed by atoms with van der Waals surface area (Å²) in [4.78, 5) is 95.3. The van der Waals surface area contributed by atoms with E-state index in [0.717, 1.165) is 0 Å². The van der Waals surface area contributed by atoms with Gasteiger partial charge in [-0.25, -0.2) is 9.59 Å². The van der Waals surface area contributed by atoms with E-state index in [1.165, 1.54) is 49.2 Å². The van der Waals surface area contributed by atoms with E-state index >= 15 is 0 Å². The Bertz CT molecular complexity index is 1560. The molecule has 6 atom stereocenters. The number of hydrogen-bond acceptors (Lipinski definition) is 14. The van der Waals surface area contributed by atoms with Gasteiger partial charge in [0.05, 0.1) is 0 Å². The number of nitrogens with zero attached hydrogens (tertiary/aromatic N) is 2. The van der Waals surface area contributed by atoms with Crippen LogP contribution in [0.1, 0.15) is 64.1 Å². The van der Waals surface area contributed by atoms with Gasteiger partial charge in [0.15, 0.2) is 0 Å². The molecule has 0 aromatic carbocycles. The van der Waals surface area contributed by atoms with Crippen molar-refractivity contribution in [2.45, 2.75) is 91.3 Å². The second-order valence-corrected chi connectivity index (χ2v) is 10.6. The Labute approximate surface area is 260 Å². The first kappa shape index (κ1) is 35.6. The van der Waals surface area contributed by atoms with E-state index in [2.05, 4.69) is 9.97 Å². The number of carbonyl (C=O) groups excluding carboxylic acids is 4. The third kappa shape index (κ3) is 9.58. The number of aromatic nitrogens is 4. The molecule has 18 nitrogen and oxygen atoms in total. The van der Waals surface area contributed by atoms with Gasteiger partial charge in [0.2, 0.25) is 0 Å². The molecular weight excluding hydrogens is 616 g/mol. The van der Waals surface area contributed by atoms with E-state index in [9.17, 15) is 38.4 Å². The Morgan fingerprint density at radius 2 is 1.02 bits per heavy atom. The van der Waals surface area contributed by atoms with Gasteiger partial charge in [-0.05, 0) is 13.8 Å². The summed E-state index contributed by atoms with van der Waals surface area (Å²) in [6, 6.07) is 0. The van der Waals surface area contributed by atoms with Crippen molar-refractivity contribution in [2.24, 2.45) is 0 Å². The molecule has 0 saturated carbocycles. The van der Waals surface area contributed by atoms with Crippen LogP contribution < -0.4 is 22.5 Å². The normalized spacial score (nSPS) is 23.5. The molecule has 0 aliphatic carbocycles. The van der Waals surface area contributed by atoms with Crippen molar-refractivity contribution >= 4 is 23.9 Å². The van der Waals surface area contributed by atoms with Crippen LogP contribution >= 0.6 is 0 Å². The molecule has 2 aromatic heterocycles. The van der Waals surface area contributed by atoms with Gasteiger partial charge < -0.3 is 28.4 Å². The van der Waals surface area contributed by atoms with Crippen LogP contribution in [0, 0.1) is 13.8 Å². The maximum Gasteiger partial charge on any atom is 0.330 e. The SMILES string of the molecule is CC(=O)OC[C@H]1O[C@@H](n2cc(C)c(=O)[nH]c2=O)C[C@@H]1OC(C)=O.CC(=O)OC[C@H]1O[C@@H](n2cc(C)c(=O)[nH]c2=O)C[C@@H]1OC(C)=O. The minimum Gasteiger partial charge on any atom is -0.463 e. The van der Waals surface area contributed by atoms with E-state index in [4.69, 9.17) is 28.4 Å². The number of carbonyl (C=O) groups is 4. The molecule has 0 unspecified atom stereocenters. The number of hydrogen-bond donors (Lipinski definition) is 2. The molecule has 4 heterocycles. The summed E-state index contributed by atoms with van der Waals surface area (Å²) in [6.45, 7) is 7.94. The molecule has 0 radical (unpaired) electrons. The molecule has 0 amide bonds. The number of ether oxygens (including phenoxy) is 6.